The van der Waals surface area contributed by atoms with E-state index in [0.29, 0.717) is 25.7 Å². The van der Waals surface area contributed by atoms with Gasteiger partial charge < -0.3 is 5.11 Å². The van der Waals surface area contributed by atoms with E-state index in [2.05, 4.69) is 10.00 Å². The highest BCUT2D eigenvalue weighted by Crippen LogP contribution is 2.38. The smallest absolute Gasteiger partial charge is 0.309 e. The summed E-state index contributed by atoms with van der Waals surface area (Å²) in [6.45, 7) is 1.70. The lowest BCUT2D eigenvalue weighted by Crippen LogP contribution is -2.45. The van der Waals surface area contributed by atoms with Gasteiger partial charge in [-0.3, -0.25) is 14.4 Å². The second-order valence-electron chi connectivity index (χ2n) is 7.18. The number of aromatic nitrogens is 2. The molecule has 0 unspecified atom stereocenters. The number of rotatable bonds is 6. The van der Waals surface area contributed by atoms with Crippen LogP contribution in [0.4, 0.5) is 8.78 Å². The molecule has 0 spiro atoms. The maximum Gasteiger partial charge on any atom is 0.309 e. The molecule has 1 aliphatic carbocycles. The zero-order valence-electron chi connectivity index (χ0n) is 13.8. The molecule has 1 aromatic rings. The number of piperidine rings is 1. The maximum absolute atomic E-state index is 12.7. The number of carbonyl (C=O) groups is 1. The summed E-state index contributed by atoms with van der Waals surface area (Å²) in [6, 6.07) is 2.52. The van der Waals surface area contributed by atoms with E-state index in [-0.39, 0.29) is 12.8 Å². The van der Waals surface area contributed by atoms with Gasteiger partial charge in [0, 0.05) is 19.2 Å². The van der Waals surface area contributed by atoms with Crippen molar-refractivity contribution in [2.24, 2.45) is 5.41 Å². The van der Waals surface area contributed by atoms with Crippen LogP contribution in [0.5, 0.6) is 0 Å². The highest BCUT2D eigenvalue weighted by atomic mass is 19.3. The number of carboxylic acid groups (broad SMARTS) is 1. The van der Waals surface area contributed by atoms with Crippen molar-refractivity contribution in [2.75, 3.05) is 13.1 Å². The Morgan fingerprint density at radius 3 is 2.58 bits per heavy atom. The molecular weight excluding hydrogens is 316 g/mol. The third-order valence-corrected chi connectivity index (χ3v) is 5.56. The molecule has 1 N–H and O–H groups in total. The minimum Gasteiger partial charge on any atom is -0.481 e. The highest BCUT2D eigenvalue weighted by Gasteiger charge is 2.43. The molecule has 2 heterocycles. The fraction of sp³-hybridized carbons (Fsp3) is 0.765. The zero-order valence-corrected chi connectivity index (χ0v) is 13.8. The number of halogens is 2. The van der Waals surface area contributed by atoms with Crippen LogP contribution in [-0.4, -0.2) is 45.3 Å². The second-order valence-corrected chi connectivity index (χ2v) is 7.18. The van der Waals surface area contributed by atoms with Crippen molar-refractivity contribution in [3.63, 3.8) is 0 Å². The first kappa shape index (κ1) is 17.3. The van der Waals surface area contributed by atoms with E-state index >= 15 is 0 Å². The van der Waals surface area contributed by atoms with E-state index in [1.54, 1.807) is 0 Å². The summed E-state index contributed by atoms with van der Waals surface area (Å²) in [5.74, 6) is -1.09. The van der Waals surface area contributed by atoms with Gasteiger partial charge in [0.25, 0.3) is 0 Å². The molecule has 134 valence electrons. The van der Waals surface area contributed by atoms with Gasteiger partial charge in [0.15, 0.2) is 0 Å². The summed E-state index contributed by atoms with van der Waals surface area (Å²) in [5, 5.41) is 14.0. The summed E-state index contributed by atoms with van der Waals surface area (Å²) in [7, 11) is 0. The van der Waals surface area contributed by atoms with Crippen LogP contribution in [0, 0.1) is 5.41 Å². The van der Waals surface area contributed by atoms with Gasteiger partial charge in [-0.2, -0.15) is 5.10 Å². The fourth-order valence-corrected chi connectivity index (χ4v) is 4.00. The SMILES string of the molecule is O=C(O)C1(CC(F)F)CCN(Cc2ccn(C3CCCC3)n2)CC1. The molecule has 7 heteroatoms. The highest BCUT2D eigenvalue weighted by molar-refractivity contribution is 5.74. The number of hydrogen-bond donors (Lipinski definition) is 1. The van der Waals surface area contributed by atoms with E-state index in [1.165, 1.54) is 25.7 Å². The van der Waals surface area contributed by atoms with Crippen molar-refractivity contribution < 1.29 is 18.7 Å². The molecule has 1 saturated heterocycles. The summed E-state index contributed by atoms with van der Waals surface area (Å²) < 4.78 is 27.5. The van der Waals surface area contributed by atoms with Crippen molar-refractivity contribution in [1.82, 2.24) is 14.7 Å². The van der Waals surface area contributed by atoms with E-state index in [0.717, 1.165) is 5.69 Å². The molecule has 5 nitrogen and oxygen atoms in total. The molecule has 1 saturated carbocycles. The minimum atomic E-state index is -2.57. The molecule has 1 aliphatic heterocycles. The van der Waals surface area contributed by atoms with Crippen molar-refractivity contribution in [3.8, 4) is 0 Å². The molecule has 24 heavy (non-hydrogen) atoms. The van der Waals surface area contributed by atoms with Gasteiger partial charge >= 0.3 is 5.97 Å². The Morgan fingerprint density at radius 1 is 1.33 bits per heavy atom. The lowest BCUT2D eigenvalue weighted by atomic mass is 9.76. The molecule has 0 amide bonds. The van der Waals surface area contributed by atoms with Crippen LogP contribution >= 0.6 is 0 Å². The number of alkyl halides is 2. The zero-order chi connectivity index (χ0) is 17.2. The summed E-state index contributed by atoms with van der Waals surface area (Å²) in [5.41, 5.74) is -0.299. The molecule has 3 rings (SSSR count). The Bertz CT molecular complexity index is 562. The second kappa shape index (κ2) is 7.17. The first-order chi connectivity index (χ1) is 11.5. The first-order valence-electron chi connectivity index (χ1n) is 8.76. The van der Waals surface area contributed by atoms with E-state index in [4.69, 9.17) is 0 Å². The van der Waals surface area contributed by atoms with Gasteiger partial charge in [-0.15, -0.1) is 0 Å². The number of aliphatic carboxylic acids is 1. The van der Waals surface area contributed by atoms with Crippen molar-refractivity contribution in [3.05, 3.63) is 18.0 Å². The number of carboxylic acids is 1. The molecule has 2 fully saturated rings. The average molecular weight is 341 g/mol. The number of likely N-dealkylation sites (tertiary alicyclic amines) is 1. The van der Waals surface area contributed by atoms with Gasteiger partial charge in [-0.25, -0.2) is 8.78 Å². The third kappa shape index (κ3) is 3.77. The fourth-order valence-electron chi connectivity index (χ4n) is 4.00. The van der Waals surface area contributed by atoms with Crippen molar-refractivity contribution in [2.45, 2.75) is 64.0 Å². The molecule has 1 aromatic heterocycles. The molecule has 2 aliphatic rings. The molecule has 0 atom stereocenters. The predicted molar refractivity (Wildman–Crippen MR) is 84.9 cm³/mol. The molecule has 0 bridgehead atoms. The first-order valence-corrected chi connectivity index (χ1v) is 8.76. The molecular formula is C17H25F2N3O2. The maximum atomic E-state index is 12.7. The Morgan fingerprint density at radius 2 is 2.00 bits per heavy atom. The van der Waals surface area contributed by atoms with E-state index in [1.807, 2.05) is 16.9 Å². The average Bonchev–Trinajstić information content (AvgIpc) is 3.19. The lowest BCUT2D eigenvalue weighted by Gasteiger charge is -2.38. The quantitative estimate of drug-likeness (QED) is 0.862. The lowest BCUT2D eigenvalue weighted by molar-refractivity contribution is -0.155. The van der Waals surface area contributed by atoms with Crippen molar-refractivity contribution in [1.29, 1.82) is 0 Å². The monoisotopic (exact) mass is 341 g/mol. The van der Waals surface area contributed by atoms with Crippen LogP contribution in [-0.2, 0) is 11.3 Å². The van der Waals surface area contributed by atoms with Gasteiger partial charge in [0.05, 0.1) is 17.2 Å². The van der Waals surface area contributed by atoms with Crippen LogP contribution in [0.2, 0.25) is 0 Å². The number of nitrogens with zero attached hydrogens (tertiary/aromatic N) is 3. The normalized spacial score (nSPS) is 22.3. The molecule has 0 aromatic carbocycles. The predicted octanol–water partition coefficient (Wildman–Crippen LogP) is 3.32. The van der Waals surface area contributed by atoms with Crippen LogP contribution in [0.3, 0.4) is 0 Å². The van der Waals surface area contributed by atoms with Crippen LogP contribution in [0.25, 0.3) is 0 Å². The van der Waals surface area contributed by atoms with Gasteiger partial charge in [-0.05, 0) is 44.8 Å². The number of hydrogen-bond acceptors (Lipinski definition) is 3. The Balaban J connectivity index is 1.56. The van der Waals surface area contributed by atoms with Crippen LogP contribution in [0.1, 0.15) is 56.7 Å². The van der Waals surface area contributed by atoms with Crippen LogP contribution < -0.4 is 0 Å². The minimum absolute atomic E-state index is 0.274. The van der Waals surface area contributed by atoms with Gasteiger partial charge in [-0.1, -0.05) is 12.8 Å². The van der Waals surface area contributed by atoms with Crippen molar-refractivity contribution >= 4 is 5.97 Å². The Kier molecular flexibility index (Phi) is 5.18. The Hall–Kier alpha value is -1.50. The topological polar surface area (TPSA) is 58.4 Å². The van der Waals surface area contributed by atoms with Crippen LogP contribution in [0.15, 0.2) is 12.3 Å². The largest absolute Gasteiger partial charge is 0.481 e. The van der Waals surface area contributed by atoms with E-state index < -0.39 is 24.2 Å². The summed E-state index contributed by atoms with van der Waals surface area (Å²) in [6.07, 6.45) is 4.32. The third-order valence-electron chi connectivity index (χ3n) is 5.56. The van der Waals surface area contributed by atoms with Gasteiger partial charge in [0.1, 0.15) is 0 Å². The molecule has 0 radical (unpaired) electrons. The standard InChI is InChI=1S/C17H25F2N3O2/c18-15(19)11-17(16(23)24)6-9-21(10-7-17)12-13-5-8-22(20-13)14-3-1-2-4-14/h5,8,14-15H,1-4,6-7,9-12H2,(H,23,24). The van der Waals surface area contributed by atoms with Gasteiger partial charge in [0.2, 0.25) is 6.43 Å². The van der Waals surface area contributed by atoms with E-state index in [9.17, 15) is 18.7 Å². The summed E-state index contributed by atoms with van der Waals surface area (Å²) in [4.78, 5) is 13.6. The summed E-state index contributed by atoms with van der Waals surface area (Å²) >= 11 is 0. The Labute approximate surface area is 140 Å².